The summed E-state index contributed by atoms with van der Waals surface area (Å²) in [6.45, 7) is 4.74. The normalized spacial score (nSPS) is 16.9. The van der Waals surface area contributed by atoms with Gasteiger partial charge in [0, 0.05) is 24.4 Å². The van der Waals surface area contributed by atoms with Crippen LogP contribution in [0.5, 0.6) is 0 Å². The summed E-state index contributed by atoms with van der Waals surface area (Å²) in [6, 6.07) is 1.75. The first-order valence-corrected chi connectivity index (χ1v) is 10.1. The molecule has 1 aliphatic rings. The van der Waals surface area contributed by atoms with Gasteiger partial charge in [-0.05, 0) is 18.9 Å². The molecule has 0 spiro atoms. The van der Waals surface area contributed by atoms with Gasteiger partial charge in [0.05, 0.1) is 5.54 Å². The fraction of sp³-hybridized carbons (Fsp3) is 0.562. The first kappa shape index (κ1) is 16.9. The molecular weight excluding hydrogens is 328 g/mol. The average Bonchev–Trinajstić information content (AvgIpc) is 2.91. The van der Waals surface area contributed by atoms with Crippen molar-refractivity contribution in [3.8, 4) is 0 Å². The summed E-state index contributed by atoms with van der Waals surface area (Å²) >= 11 is 0. The minimum absolute atomic E-state index is 0.156. The SMILES string of the molecule is CCCC1(CCC)CNC(=O)c2cc3cnc(S(C)(=O)=O)nc3n21. The lowest BCUT2D eigenvalue weighted by Gasteiger charge is -2.40. The van der Waals surface area contributed by atoms with Gasteiger partial charge in [-0.15, -0.1) is 0 Å². The molecular formula is C16H22N4O3S. The molecule has 0 unspecified atom stereocenters. The third kappa shape index (κ3) is 2.58. The molecule has 1 amide bonds. The molecule has 0 bridgehead atoms. The first-order valence-electron chi connectivity index (χ1n) is 8.19. The Kier molecular flexibility index (Phi) is 4.11. The largest absolute Gasteiger partial charge is 0.348 e. The average molecular weight is 350 g/mol. The van der Waals surface area contributed by atoms with Gasteiger partial charge in [-0.25, -0.2) is 13.4 Å². The molecule has 0 saturated heterocycles. The molecule has 0 aromatic carbocycles. The van der Waals surface area contributed by atoms with E-state index in [1.165, 1.54) is 6.20 Å². The molecule has 0 fully saturated rings. The number of hydrogen-bond donors (Lipinski definition) is 1. The van der Waals surface area contributed by atoms with Gasteiger partial charge in [-0.1, -0.05) is 26.7 Å². The zero-order valence-corrected chi connectivity index (χ0v) is 15.0. The lowest BCUT2D eigenvalue weighted by molar-refractivity contribution is 0.0855. The third-order valence-corrected chi connectivity index (χ3v) is 5.43. The number of nitrogens with zero attached hydrogens (tertiary/aromatic N) is 3. The van der Waals surface area contributed by atoms with Crippen LogP contribution in [0.4, 0.5) is 0 Å². The topological polar surface area (TPSA) is 93.9 Å². The molecule has 0 aliphatic carbocycles. The van der Waals surface area contributed by atoms with Crippen molar-refractivity contribution < 1.29 is 13.2 Å². The highest BCUT2D eigenvalue weighted by Gasteiger charge is 2.39. The van der Waals surface area contributed by atoms with Gasteiger partial charge >= 0.3 is 0 Å². The van der Waals surface area contributed by atoms with Crippen LogP contribution in [0.15, 0.2) is 17.4 Å². The highest BCUT2D eigenvalue weighted by molar-refractivity contribution is 7.90. The molecule has 130 valence electrons. The van der Waals surface area contributed by atoms with Gasteiger partial charge in [0.15, 0.2) is 0 Å². The zero-order chi connectivity index (χ0) is 17.5. The Labute approximate surface area is 141 Å². The molecule has 0 radical (unpaired) electrons. The molecule has 8 heteroatoms. The van der Waals surface area contributed by atoms with Crippen LogP contribution in [0.1, 0.15) is 50.0 Å². The predicted octanol–water partition coefficient (Wildman–Crippen LogP) is 1.87. The molecule has 7 nitrogen and oxygen atoms in total. The Bertz CT molecular complexity index is 895. The number of amides is 1. The minimum Gasteiger partial charge on any atom is -0.348 e. The van der Waals surface area contributed by atoms with Crippen molar-refractivity contribution >= 4 is 26.8 Å². The van der Waals surface area contributed by atoms with E-state index in [0.717, 1.165) is 31.9 Å². The molecule has 3 heterocycles. The lowest BCUT2D eigenvalue weighted by Crippen LogP contribution is -2.51. The van der Waals surface area contributed by atoms with Crippen molar-refractivity contribution in [3.05, 3.63) is 18.0 Å². The van der Waals surface area contributed by atoms with E-state index in [1.54, 1.807) is 6.07 Å². The Hall–Kier alpha value is -1.96. The van der Waals surface area contributed by atoms with Gasteiger partial charge in [0.2, 0.25) is 15.0 Å². The minimum atomic E-state index is -3.51. The number of aromatic nitrogens is 3. The van der Waals surface area contributed by atoms with E-state index < -0.39 is 9.84 Å². The van der Waals surface area contributed by atoms with E-state index in [-0.39, 0.29) is 16.6 Å². The lowest BCUT2D eigenvalue weighted by atomic mass is 9.86. The quantitative estimate of drug-likeness (QED) is 0.831. The van der Waals surface area contributed by atoms with Crippen molar-refractivity contribution in [2.24, 2.45) is 0 Å². The van der Waals surface area contributed by atoms with E-state index in [1.807, 2.05) is 4.57 Å². The number of rotatable bonds is 5. The van der Waals surface area contributed by atoms with Crippen molar-refractivity contribution in [2.45, 2.75) is 50.2 Å². The molecule has 1 aliphatic heterocycles. The number of carbonyl (C=O) groups excluding carboxylic acids is 1. The Morgan fingerprint density at radius 2 is 1.96 bits per heavy atom. The molecule has 1 N–H and O–H groups in total. The van der Waals surface area contributed by atoms with Crippen LogP contribution < -0.4 is 5.32 Å². The summed E-state index contributed by atoms with van der Waals surface area (Å²) in [6.07, 6.45) is 6.26. The van der Waals surface area contributed by atoms with Crippen LogP contribution in [-0.2, 0) is 15.4 Å². The number of sulfone groups is 1. The van der Waals surface area contributed by atoms with Gasteiger partial charge < -0.3 is 9.88 Å². The molecule has 0 atom stereocenters. The van der Waals surface area contributed by atoms with Crippen LogP contribution >= 0.6 is 0 Å². The summed E-state index contributed by atoms with van der Waals surface area (Å²) in [4.78, 5) is 20.6. The summed E-state index contributed by atoms with van der Waals surface area (Å²) in [5.41, 5.74) is 0.771. The molecule has 0 saturated carbocycles. The van der Waals surface area contributed by atoms with E-state index >= 15 is 0 Å². The van der Waals surface area contributed by atoms with E-state index in [0.29, 0.717) is 23.3 Å². The van der Waals surface area contributed by atoms with Crippen molar-refractivity contribution in [1.29, 1.82) is 0 Å². The maximum Gasteiger partial charge on any atom is 0.268 e. The van der Waals surface area contributed by atoms with Crippen LogP contribution in [-0.4, -0.2) is 41.7 Å². The third-order valence-electron chi connectivity index (χ3n) is 4.57. The van der Waals surface area contributed by atoms with E-state index in [4.69, 9.17) is 0 Å². The molecule has 2 aromatic rings. The predicted molar refractivity (Wildman–Crippen MR) is 90.8 cm³/mol. The van der Waals surface area contributed by atoms with Crippen LogP contribution in [0.25, 0.3) is 11.0 Å². The summed E-state index contributed by atoms with van der Waals surface area (Å²) in [5.74, 6) is -0.156. The highest BCUT2D eigenvalue weighted by Crippen LogP contribution is 2.36. The Balaban J connectivity index is 2.33. The van der Waals surface area contributed by atoms with Gasteiger partial charge in [-0.2, -0.15) is 4.98 Å². The van der Waals surface area contributed by atoms with Crippen LogP contribution in [0, 0.1) is 0 Å². The summed E-state index contributed by atoms with van der Waals surface area (Å²) < 4.78 is 25.6. The second-order valence-electron chi connectivity index (χ2n) is 6.48. The summed E-state index contributed by atoms with van der Waals surface area (Å²) in [5, 5.41) is 3.46. The second kappa shape index (κ2) is 5.84. The van der Waals surface area contributed by atoms with Gasteiger partial charge in [-0.3, -0.25) is 4.79 Å². The fourth-order valence-electron chi connectivity index (χ4n) is 3.67. The second-order valence-corrected chi connectivity index (χ2v) is 8.39. The van der Waals surface area contributed by atoms with Gasteiger partial charge in [0.1, 0.15) is 11.3 Å². The molecule has 24 heavy (non-hydrogen) atoms. The molecule has 2 aromatic heterocycles. The maximum atomic E-state index is 12.3. The standard InChI is InChI=1S/C16H22N4O3S/c1-4-6-16(7-5-2)10-18-14(21)12-8-11-9-17-15(24(3,22)23)19-13(11)20(12)16/h8-9H,4-7,10H2,1-3H3,(H,18,21). The van der Waals surface area contributed by atoms with Crippen LogP contribution in [0.3, 0.4) is 0 Å². The van der Waals surface area contributed by atoms with Crippen molar-refractivity contribution in [2.75, 3.05) is 12.8 Å². The van der Waals surface area contributed by atoms with E-state index in [9.17, 15) is 13.2 Å². The molecule has 3 rings (SSSR count). The fourth-order valence-corrected chi connectivity index (χ4v) is 4.17. The van der Waals surface area contributed by atoms with Gasteiger partial charge in [0.25, 0.3) is 5.91 Å². The number of fused-ring (bicyclic) bond motifs is 3. The Morgan fingerprint density at radius 3 is 2.54 bits per heavy atom. The van der Waals surface area contributed by atoms with Crippen molar-refractivity contribution in [1.82, 2.24) is 19.9 Å². The van der Waals surface area contributed by atoms with E-state index in [2.05, 4.69) is 29.1 Å². The smallest absolute Gasteiger partial charge is 0.268 e. The monoisotopic (exact) mass is 350 g/mol. The number of carbonyl (C=O) groups is 1. The summed E-state index contributed by atoms with van der Waals surface area (Å²) in [7, 11) is -3.51. The zero-order valence-electron chi connectivity index (χ0n) is 14.2. The van der Waals surface area contributed by atoms with Crippen LogP contribution in [0.2, 0.25) is 0 Å². The number of nitrogens with one attached hydrogen (secondary N) is 1. The first-order chi connectivity index (χ1) is 11.3. The van der Waals surface area contributed by atoms with Crippen molar-refractivity contribution in [3.63, 3.8) is 0 Å². The Morgan fingerprint density at radius 1 is 1.29 bits per heavy atom. The highest BCUT2D eigenvalue weighted by atomic mass is 32.2. The number of hydrogen-bond acceptors (Lipinski definition) is 5. The maximum absolute atomic E-state index is 12.3.